The molecule has 27 heavy (non-hydrogen) atoms. The van der Waals surface area contributed by atoms with Crippen LogP contribution < -0.4 is 0 Å². The van der Waals surface area contributed by atoms with Gasteiger partial charge in [-0.3, -0.25) is 19.4 Å². The molecule has 2 amide bonds. The van der Waals surface area contributed by atoms with Gasteiger partial charge in [0.2, 0.25) is 11.8 Å². The Labute approximate surface area is 169 Å². The van der Waals surface area contributed by atoms with Crippen LogP contribution >= 0.6 is 22.9 Å². The highest BCUT2D eigenvalue weighted by Gasteiger charge is 2.35. The zero-order valence-electron chi connectivity index (χ0n) is 15.6. The van der Waals surface area contributed by atoms with E-state index in [0.29, 0.717) is 38.6 Å². The zero-order chi connectivity index (χ0) is 18.8. The topological polar surface area (TPSA) is 47.1 Å². The number of carbonyl (C=O) groups is 2. The molecule has 0 N–H and O–H groups in total. The molecule has 3 fully saturated rings. The molecular weight excluding hydrogens is 384 g/mol. The van der Waals surface area contributed by atoms with Crippen molar-refractivity contribution >= 4 is 34.8 Å². The number of rotatable bonds is 5. The summed E-state index contributed by atoms with van der Waals surface area (Å²) in [5, 5.41) is 0. The molecule has 4 rings (SSSR count). The molecule has 8 heteroatoms. The lowest BCUT2D eigenvalue weighted by Crippen LogP contribution is -2.54. The van der Waals surface area contributed by atoms with Crippen LogP contribution in [0.3, 0.4) is 0 Å². The quantitative estimate of drug-likeness (QED) is 0.739. The van der Waals surface area contributed by atoms with Crippen LogP contribution in [0.5, 0.6) is 0 Å². The molecule has 0 atom stereocenters. The van der Waals surface area contributed by atoms with E-state index in [9.17, 15) is 9.59 Å². The number of piperazine rings is 2. The van der Waals surface area contributed by atoms with E-state index in [1.54, 1.807) is 11.3 Å². The van der Waals surface area contributed by atoms with Gasteiger partial charge in [0, 0.05) is 69.7 Å². The Morgan fingerprint density at radius 3 is 2.15 bits per heavy atom. The minimum absolute atomic E-state index is 0.201. The van der Waals surface area contributed by atoms with Gasteiger partial charge in [0.1, 0.15) is 0 Å². The van der Waals surface area contributed by atoms with Crippen molar-refractivity contribution in [2.75, 3.05) is 58.9 Å². The van der Waals surface area contributed by atoms with Crippen molar-refractivity contribution in [1.29, 1.82) is 0 Å². The summed E-state index contributed by atoms with van der Waals surface area (Å²) in [7, 11) is 0. The van der Waals surface area contributed by atoms with Gasteiger partial charge >= 0.3 is 0 Å². The Morgan fingerprint density at radius 1 is 0.926 bits per heavy atom. The summed E-state index contributed by atoms with van der Waals surface area (Å²) in [4.78, 5) is 34.6. The Balaban J connectivity index is 1.17. The molecule has 2 aliphatic heterocycles. The van der Waals surface area contributed by atoms with Gasteiger partial charge in [-0.15, -0.1) is 11.3 Å². The first kappa shape index (κ1) is 19.2. The fourth-order valence-corrected chi connectivity index (χ4v) is 4.95. The fourth-order valence-electron chi connectivity index (χ4n) is 3.82. The molecule has 1 saturated carbocycles. The zero-order valence-corrected chi connectivity index (χ0v) is 17.2. The Morgan fingerprint density at radius 2 is 1.56 bits per heavy atom. The van der Waals surface area contributed by atoms with Gasteiger partial charge in [0.15, 0.2) is 0 Å². The van der Waals surface area contributed by atoms with Gasteiger partial charge in [0.25, 0.3) is 0 Å². The third-order valence-corrected chi connectivity index (χ3v) is 6.92. The largest absolute Gasteiger partial charge is 0.339 e. The van der Waals surface area contributed by atoms with Crippen LogP contribution in [0.1, 0.15) is 17.7 Å². The second-order valence-electron chi connectivity index (χ2n) is 7.74. The highest BCUT2D eigenvalue weighted by Crippen LogP contribution is 2.31. The molecule has 0 unspecified atom stereocenters. The van der Waals surface area contributed by atoms with E-state index < -0.39 is 0 Å². The normalized spacial score (nSPS) is 22.3. The highest BCUT2D eigenvalue weighted by atomic mass is 35.5. The summed E-state index contributed by atoms with van der Waals surface area (Å²) in [6.07, 6.45) is 2.09. The first-order valence-corrected chi connectivity index (χ1v) is 11.0. The number of hydrogen-bond donors (Lipinski definition) is 0. The number of hydrogen-bond acceptors (Lipinski definition) is 5. The van der Waals surface area contributed by atoms with Crippen molar-refractivity contribution in [3.63, 3.8) is 0 Å². The Bertz CT molecular complexity index is 677. The molecule has 6 nitrogen and oxygen atoms in total. The van der Waals surface area contributed by atoms with E-state index in [1.165, 1.54) is 4.88 Å². The second kappa shape index (κ2) is 8.47. The summed E-state index contributed by atoms with van der Waals surface area (Å²) in [6, 6.07) is 4.05. The maximum atomic E-state index is 12.6. The predicted molar refractivity (Wildman–Crippen MR) is 107 cm³/mol. The van der Waals surface area contributed by atoms with Crippen LogP contribution in [0.25, 0.3) is 0 Å². The van der Waals surface area contributed by atoms with Gasteiger partial charge in [-0.25, -0.2) is 0 Å². The summed E-state index contributed by atoms with van der Waals surface area (Å²) in [5.74, 6) is 0.769. The van der Waals surface area contributed by atoms with Crippen molar-refractivity contribution in [3.8, 4) is 0 Å². The SMILES string of the molecule is O=C(CN1CCN(Cc2ccc(Cl)s2)CC1)N1CCN(C(=O)C2CC2)CC1. The van der Waals surface area contributed by atoms with Crippen molar-refractivity contribution in [3.05, 3.63) is 21.3 Å². The van der Waals surface area contributed by atoms with Crippen LogP contribution in [0.15, 0.2) is 12.1 Å². The average Bonchev–Trinajstić information content (AvgIpc) is 3.45. The second-order valence-corrected chi connectivity index (χ2v) is 9.54. The maximum absolute atomic E-state index is 12.6. The highest BCUT2D eigenvalue weighted by molar-refractivity contribution is 7.16. The van der Waals surface area contributed by atoms with Crippen LogP contribution in [0.2, 0.25) is 4.34 Å². The van der Waals surface area contributed by atoms with Gasteiger partial charge in [0.05, 0.1) is 10.9 Å². The molecule has 1 aromatic heterocycles. The predicted octanol–water partition coefficient (Wildman–Crippen LogP) is 1.60. The number of carbonyl (C=O) groups excluding carboxylic acids is 2. The summed E-state index contributed by atoms with van der Waals surface area (Å²) < 4.78 is 0.841. The van der Waals surface area contributed by atoms with Gasteiger partial charge < -0.3 is 9.80 Å². The molecule has 1 aliphatic carbocycles. The number of thiophene rings is 1. The third-order valence-electron chi connectivity index (χ3n) is 5.70. The standard InChI is InChI=1S/C19H27ClN4O2S/c20-17-4-3-16(27-17)13-21-5-7-22(8-6-21)14-18(25)23-9-11-24(12-10-23)19(26)15-1-2-15/h3-4,15H,1-2,5-14H2. The molecule has 0 aromatic carbocycles. The molecule has 3 aliphatic rings. The van der Waals surface area contributed by atoms with E-state index in [0.717, 1.165) is 49.9 Å². The number of nitrogens with zero attached hydrogens (tertiary/aromatic N) is 4. The summed E-state index contributed by atoms with van der Waals surface area (Å²) >= 11 is 7.65. The maximum Gasteiger partial charge on any atom is 0.236 e. The van der Waals surface area contributed by atoms with E-state index in [-0.39, 0.29) is 11.8 Å². The van der Waals surface area contributed by atoms with Gasteiger partial charge in [-0.2, -0.15) is 0 Å². The van der Waals surface area contributed by atoms with E-state index in [1.807, 2.05) is 15.9 Å². The first-order valence-electron chi connectivity index (χ1n) is 9.84. The summed E-state index contributed by atoms with van der Waals surface area (Å²) in [5.41, 5.74) is 0. The number of halogens is 1. The molecule has 2 saturated heterocycles. The van der Waals surface area contributed by atoms with Crippen molar-refractivity contribution < 1.29 is 9.59 Å². The molecule has 0 bridgehead atoms. The molecule has 148 valence electrons. The minimum atomic E-state index is 0.201. The first-order chi connectivity index (χ1) is 13.1. The number of amides is 2. The van der Waals surface area contributed by atoms with Crippen molar-refractivity contribution in [1.82, 2.24) is 19.6 Å². The molecule has 0 radical (unpaired) electrons. The van der Waals surface area contributed by atoms with Crippen LogP contribution in [0, 0.1) is 5.92 Å². The Kier molecular flexibility index (Phi) is 6.02. The third kappa shape index (κ3) is 5.02. The van der Waals surface area contributed by atoms with Crippen molar-refractivity contribution in [2.24, 2.45) is 5.92 Å². The Hall–Kier alpha value is -1.15. The van der Waals surface area contributed by atoms with Crippen molar-refractivity contribution in [2.45, 2.75) is 19.4 Å². The lowest BCUT2D eigenvalue weighted by atomic mass is 10.2. The monoisotopic (exact) mass is 410 g/mol. The van der Waals surface area contributed by atoms with E-state index >= 15 is 0 Å². The molecule has 0 spiro atoms. The minimum Gasteiger partial charge on any atom is -0.339 e. The smallest absolute Gasteiger partial charge is 0.236 e. The summed E-state index contributed by atoms with van der Waals surface area (Å²) in [6.45, 7) is 7.98. The average molecular weight is 411 g/mol. The molecule has 3 heterocycles. The van der Waals surface area contributed by atoms with Crippen LogP contribution in [-0.2, 0) is 16.1 Å². The van der Waals surface area contributed by atoms with Crippen LogP contribution in [-0.4, -0.2) is 90.3 Å². The molecular formula is C19H27ClN4O2S. The molecule has 1 aromatic rings. The van der Waals surface area contributed by atoms with E-state index in [4.69, 9.17) is 11.6 Å². The van der Waals surface area contributed by atoms with Crippen LogP contribution in [0.4, 0.5) is 0 Å². The lowest BCUT2D eigenvalue weighted by molar-refractivity contribution is -0.141. The van der Waals surface area contributed by atoms with Gasteiger partial charge in [-0.1, -0.05) is 11.6 Å². The van der Waals surface area contributed by atoms with Gasteiger partial charge in [-0.05, 0) is 25.0 Å². The lowest BCUT2D eigenvalue weighted by Gasteiger charge is -2.38. The fraction of sp³-hybridized carbons (Fsp3) is 0.684. The van der Waals surface area contributed by atoms with E-state index in [2.05, 4.69) is 15.9 Å².